The number of rotatable bonds is 6. The topological polar surface area (TPSA) is 18.5 Å². The average molecular weight is 360 g/mol. The maximum atomic E-state index is 5.26. The third-order valence-electron chi connectivity index (χ3n) is 5.78. The van der Waals surface area contributed by atoms with E-state index in [0.29, 0.717) is 11.8 Å². The Hall–Kier alpha value is -2.48. The molecular weight excluding hydrogens is 332 g/mol. The van der Waals surface area contributed by atoms with Crippen LogP contribution in [0.15, 0.2) is 71.8 Å². The van der Waals surface area contributed by atoms with Crippen molar-refractivity contribution in [2.75, 3.05) is 14.2 Å². The lowest BCUT2D eigenvalue weighted by Gasteiger charge is -2.33. The summed E-state index contributed by atoms with van der Waals surface area (Å²) >= 11 is 0. The molecule has 2 nitrogen and oxygen atoms in total. The molecule has 2 aromatic carbocycles. The van der Waals surface area contributed by atoms with Gasteiger partial charge in [-0.15, -0.1) is 0 Å². The van der Waals surface area contributed by atoms with Gasteiger partial charge in [-0.05, 0) is 79.3 Å². The van der Waals surface area contributed by atoms with Crippen LogP contribution in [0.5, 0.6) is 11.5 Å². The van der Waals surface area contributed by atoms with Gasteiger partial charge in [0, 0.05) is 0 Å². The van der Waals surface area contributed by atoms with Gasteiger partial charge in [0.2, 0.25) is 0 Å². The van der Waals surface area contributed by atoms with E-state index in [1.807, 2.05) is 0 Å². The number of hydrogen-bond donors (Lipinski definition) is 0. The van der Waals surface area contributed by atoms with E-state index in [1.54, 1.807) is 25.4 Å². The Kier molecular flexibility index (Phi) is 5.33. The molecule has 2 aliphatic carbocycles. The molecule has 140 valence electrons. The van der Waals surface area contributed by atoms with Crippen LogP contribution in [0, 0.1) is 11.8 Å². The minimum absolute atomic E-state index is 0.704. The highest BCUT2D eigenvalue weighted by Crippen LogP contribution is 2.39. The first kappa shape index (κ1) is 17.9. The molecule has 0 radical (unpaired) electrons. The smallest absolute Gasteiger partial charge is 0.118 e. The summed E-state index contributed by atoms with van der Waals surface area (Å²) in [6.45, 7) is 0. The summed E-state index contributed by atoms with van der Waals surface area (Å²) in [6.07, 6.45) is 11.0. The Labute approximate surface area is 162 Å². The molecule has 0 aromatic heterocycles. The van der Waals surface area contributed by atoms with Gasteiger partial charge >= 0.3 is 0 Å². The molecule has 0 heterocycles. The molecule has 0 aliphatic heterocycles. The van der Waals surface area contributed by atoms with Crippen molar-refractivity contribution >= 4 is 0 Å². The second kappa shape index (κ2) is 8.04. The maximum absolute atomic E-state index is 5.26. The minimum atomic E-state index is 0.704. The Balaban J connectivity index is 1.39. The van der Waals surface area contributed by atoms with Gasteiger partial charge < -0.3 is 9.47 Å². The predicted molar refractivity (Wildman–Crippen MR) is 110 cm³/mol. The van der Waals surface area contributed by atoms with Crippen molar-refractivity contribution in [1.82, 2.24) is 0 Å². The van der Waals surface area contributed by atoms with E-state index in [9.17, 15) is 0 Å². The van der Waals surface area contributed by atoms with Crippen molar-refractivity contribution < 1.29 is 9.47 Å². The molecule has 0 fully saturated rings. The lowest BCUT2D eigenvalue weighted by atomic mass is 9.72. The Morgan fingerprint density at radius 3 is 1.44 bits per heavy atom. The van der Waals surface area contributed by atoms with Gasteiger partial charge in [0.1, 0.15) is 11.5 Å². The second-order valence-electron chi connectivity index (χ2n) is 7.86. The van der Waals surface area contributed by atoms with Gasteiger partial charge in [0.25, 0.3) is 0 Å². The molecule has 0 saturated carbocycles. The van der Waals surface area contributed by atoms with Crippen molar-refractivity contribution in [3.8, 4) is 11.5 Å². The van der Waals surface area contributed by atoms with Crippen LogP contribution in [0.1, 0.15) is 30.4 Å². The molecule has 0 amide bonds. The largest absolute Gasteiger partial charge is 0.497 e. The minimum Gasteiger partial charge on any atom is -0.497 e. The first-order valence-electron chi connectivity index (χ1n) is 9.87. The van der Waals surface area contributed by atoms with Gasteiger partial charge in [0.05, 0.1) is 14.2 Å². The Morgan fingerprint density at radius 1 is 0.667 bits per heavy atom. The first-order valence-corrected chi connectivity index (χ1v) is 9.87. The van der Waals surface area contributed by atoms with Crippen LogP contribution in [0.25, 0.3) is 0 Å². The zero-order valence-electron chi connectivity index (χ0n) is 16.3. The van der Waals surface area contributed by atoms with Crippen LogP contribution >= 0.6 is 0 Å². The van der Waals surface area contributed by atoms with Crippen LogP contribution < -0.4 is 9.47 Å². The van der Waals surface area contributed by atoms with E-state index < -0.39 is 0 Å². The maximum Gasteiger partial charge on any atom is 0.118 e. The molecule has 2 bridgehead atoms. The number of ether oxygens (including phenoxy) is 2. The quantitative estimate of drug-likeness (QED) is 0.609. The van der Waals surface area contributed by atoms with E-state index in [-0.39, 0.29) is 0 Å². The van der Waals surface area contributed by atoms with Gasteiger partial charge in [-0.3, -0.25) is 0 Å². The molecule has 0 spiro atoms. The first-order chi connectivity index (χ1) is 13.2. The molecular formula is C25H28O2. The fraction of sp³-hybridized carbons (Fsp3) is 0.360. The normalized spacial score (nSPS) is 21.3. The van der Waals surface area contributed by atoms with Crippen molar-refractivity contribution in [1.29, 1.82) is 0 Å². The Morgan fingerprint density at radius 2 is 1.07 bits per heavy atom. The van der Waals surface area contributed by atoms with E-state index in [0.717, 1.165) is 24.3 Å². The van der Waals surface area contributed by atoms with Crippen LogP contribution in [-0.4, -0.2) is 14.2 Å². The molecule has 27 heavy (non-hydrogen) atoms. The van der Waals surface area contributed by atoms with Gasteiger partial charge in [-0.25, -0.2) is 0 Å². The Bertz CT molecular complexity index is 756. The second-order valence-corrected chi connectivity index (χ2v) is 7.86. The van der Waals surface area contributed by atoms with Crippen molar-refractivity contribution in [2.45, 2.75) is 32.1 Å². The van der Waals surface area contributed by atoms with Gasteiger partial charge in [0.15, 0.2) is 0 Å². The summed E-state index contributed by atoms with van der Waals surface area (Å²) in [7, 11) is 3.44. The zero-order chi connectivity index (χ0) is 18.6. The summed E-state index contributed by atoms with van der Waals surface area (Å²) < 4.78 is 10.5. The zero-order valence-corrected chi connectivity index (χ0v) is 16.3. The standard InChI is InChI=1S/C25H28O2/c1-26-24-7-3-18(4-8-24)11-20-13-22-15-21(16-23(14-20)17-22)12-19-5-9-25(27-2)10-6-19/h3-10,13,16,22-23H,11-12,14-15,17H2,1-2H3/t22-,23-. The SMILES string of the molecule is COc1ccc(CC2=C[C@H]3CC(Cc4ccc(OC)cc4)=C[C@H](C2)C3)cc1. The number of hydrogen-bond acceptors (Lipinski definition) is 2. The summed E-state index contributed by atoms with van der Waals surface area (Å²) in [5.74, 6) is 3.27. The number of fused-ring (bicyclic) bond motifs is 2. The molecule has 0 unspecified atom stereocenters. The predicted octanol–water partition coefficient (Wildman–Crippen LogP) is 5.77. The fourth-order valence-electron chi connectivity index (χ4n) is 4.56. The van der Waals surface area contributed by atoms with Gasteiger partial charge in [-0.2, -0.15) is 0 Å². The number of allylic oxidation sites excluding steroid dienone is 4. The molecule has 0 saturated heterocycles. The average Bonchev–Trinajstić information content (AvgIpc) is 2.68. The lowest BCUT2D eigenvalue weighted by molar-refractivity contribution is 0.411. The van der Waals surface area contributed by atoms with Crippen molar-refractivity contribution in [3.63, 3.8) is 0 Å². The third-order valence-corrected chi connectivity index (χ3v) is 5.78. The molecule has 0 N–H and O–H groups in total. The molecule has 2 aromatic rings. The van der Waals surface area contributed by atoms with Crippen LogP contribution in [0.2, 0.25) is 0 Å². The van der Waals surface area contributed by atoms with Crippen molar-refractivity contribution in [2.24, 2.45) is 11.8 Å². The highest BCUT2D eigenvalue weighted by molar-refractivity contribution is 5.34. The summed E-state index contributed by atoms with van der Waals surface area (Å²) in [6, 6.07) is 17.0. The molecule has 2 atom stereocenters. The highest BCUT2D eigenvalue weighted by atomic mass is 16.5. The van der Waals surface area contributed by atoms with E-state index in [4.69, 9.17) is 9.47 Å². The monoisotopic (exact) mass is 360 g/mol. The number of methoxy groups -OCH3 is 2. The van der Waals surface area contributed by atoms with E-state index >= 15 is 0 Å². The van der Waals surface area contributed by atoms with Crippen LogP contribution in [0.4, 0.5) is 0 Å². The van der Waals surface area contributed by atoms with Gasteiger partial charge in [-0.1, -0.05) is 47.6 Å². The summed E-state index contributed by atoms with van der Waals surface area (Å²) in [4.78, 5) is 0. The van der Waals surface area contributed by atoms with E-state index in [1.165, 1.54) is 30.4 Å². The summed E-state index contributed by atoms with van der Waals surface area (Å²) in [5.41, 5.74) is 5.95. The summed E-state index contributed by atoms with van der Waals surface area (Å²) in [5, 5.41) is 0. The molecule has 2 aliphatic rings. The highest BCUT2D eigenvalue weighted by Gasteiger charge is 2.26. The number of benzene rings is 2. The molecule has 4 rings (SSSR count). The fourth-order valence-corrected chi connectivity index (χ4v) is 4.56. The van der Waals surface area contributed by atoms with E-state index in [2.05, 4.69) is 60.7 Å². The van der Waals surface area contributed by atoms with Crippen molar-refractivity contribution in [3.05, 3.63) is 83.0 Å². The van der Waals surface area contributed by atoms with Crippen LogP contribution in [-0.2, 0) is 12.8 Å². The van der Waals surface area contributed by atoms with Crippen LogP contribution in [0.3, 0.4) is 0 Å². The molecule has 2 heteroatoms. The lowest BCUT2D eigenvalue weighted by Crippen LogP contribution is -2.20. The third kappa shape index (κ3) is 4.44.